The molecule has 0 aliphatic carbocycles. The van der Waals surface area contributed by atoms with Gasteiger partial charge < -0.3 is 15.3 Å². The van der Waals surface area contributed by atoms with Gasteiger partial charge in [-0.25, -0.2) is 4.79 Å². The molecule has 1 aromatic carbocycles. The zero-order valence-electron chi connectivity index (χ0n) is 11.9. The van der Waals surface area contributed by atoms with Crippen LogP contribution in [0.1, 0.15) is 26.2 Å². The normalized spacial score (nSPS) is 11.3. The minimum atomic E-state index is -1.49. The van der Waals surface area contributed by atoms with Crippen LogP contribution in [0.25, 0.3) is 10.9 Å². The van der Waals surface area contributed by atoms with Crippen molar-refractivity contribution in [1.82, 2.24) is 4.98 Å². The second-order valence-electron chi connectivity index (χ2n) is 4.40. The molecule has 0 saturated heterocycles. The first-order valence-corrected chi connectivity index (χ1v) is 6.70. The molecule has 0 fully saturated rings. The number of hydrogen-bond acceptors (Lipinski definition) is 4. The highest BCUT2D eigenvalue weighted by atomic mass is 16.4. The summed E-state index contributed by atoms with van der Waals surface area (Å²) in [6.07, 6.45) is 3.54. The smallest absolute Gasteiger partial charge is 0.374 e. The number of rotatable bonds is 4. The molecule has 1 heterocycles. The quantitative estimate of drug-likeness (QED) is 0.588. The topological polar surface area (TPSA) is 90.7 Å². The Morgan fingerprint density at radius 1 is 1.10 bits per heavy atom. The number of benzene rings is 1. The monoisotopic (exact) mass is 289 g/mol. The van der Waals surface area contributed by atoms with Crippen LogP contribution in [-0.4, -0.2) is 26.3 Å². The van der Waals surface area contributed by atoms with E-state index in [1.807, 2.05) is 37.4 Å². The molecular weight excluding hydrogens is 270 g/mol. The fourth-order valence-corrected chi connectivity index (χ4v) is 1.60. The van der Waals surface area contributed by atoms with Crippen LogP contribution in [0, 0.1) is 0 Å². The summed E-state index contributed by atoms with van der Waals surface area (Å²) >= 11 is 0. The van der Waals surface area contributed by atoms with E-state index in [1.165, 1.54) is 5.39 Å². The van der Waals surface area contributed by atoms with E-state index in [0.717, 1.165) is 11.9 Å². The van der Waals surface area contributed by atoms with Gasteiger partial charge in [0.1, 0.15) is 5.76 Å². The molecule has 1 aromatic heterocycles. The van der Waals surface area contributed by atoms with E-state index in [1.54, 1.807) is 0 Å². The standard InChI is InChI=1S/C9H7N.C7H12O4/c1-2-6-9-8(4-1)5-3-7-10-9;1-2-3-4-5(8)6(9)7(10)11/h1-7H;8-9H,2-4H2,1H3,(H,10,11). The first kappa shape index (κ1) is 16.5. The van der Waals surface area contributed by atoms with Gasteiger partial charge >= 0.3 is 5.97 Å². The van der Waals surface area contributed by atoms with Crippen molar-refractivity contribution in [1.29, 1.82) is 0 Å². The number of aliphatic hydroxyl groups excluding tert-OH is 2. The summed E-state index contributed by atoms with van der Waals surface area (Å²) in [6.45, 7) is 1.91. The van der Waals surface area contributed by atoms with Crippen molar-refractivity contribution in [2.45, 2.75) is 26.2 Å². The maximum absolute atomic E-state index is 10.0. The first-order chi connectivity index (χ1) is 10.1. The van der Waals surface area contributed by atoms with E-state index in [9.17, 15) is 4.79 Å². The van der Waals surface area contributed by atoms with Gasteiger partial charge in [0.2, 0.25) is 5.76 Å². The van der Waals surface area contributed by atoms with Gasteiger partial charge in [-0.05, 0) is 18.6 Å². The minimum Gasteiger partial charge on any atom is -0.508 e. The number of pyridine rings is 1. The summed E-state index contributed by atoms with van der Waals surface area (Å²) in [5, 5.41) is 26.9. The Balaban J connectivity index is 0.000000210. The van der Waals surface area contributed by atoms with Crippen LogP contribution in [0.3, 0.4) is 0 Å². The molecule has 0 aliphatic rings. The Morgan fingerprint density at radius 3 is 2.38 bits per heavy atom. The summed E-state index contributed by atoms with van der Waals surface area (Å²) in [6, 6.07) is 12.1. The Bertz CT molecular complexity index is 557. The second-order valence-corrected chi connectivity index (χ2v) is 4.40. The molecule has 5 nitrogen and oxygen atoms in total. The molecule has 3 N–H and O–H groups in total. The lowest BCUT2D eigenvalue weighted by atomic mass is 10.2. The van der Waals surface area contributed by atoms with Gasteiger partial charge in [-0.15, -0.1) is 0 Å². The zero-order chi connectivity index (χ0) is 15.7. The predicted octanol–water partition coefficient (Wildman–Crippen LogP) is 3.82. The SMILES string of the molecule is CCCCC(O)=C(O)C(=O)O.c1ccc2ncccc2c1. The van der Waals surface area contributed by atoms with Crippen LogP contribution < -0.4 is 0 Å². The van der Waals surface area contributed by atoms with E-state index >= 15 is 0 Å². The van der Waals surface area contributed by atoms with Crippen LogP contribution >= 0.6 is 0 Å². The van der Waals surface area contributed by atoms with Crippen molar-refractivity contribution in [3.05, 3.63) is 54.1 Å². The van der Waals surface area contributed by atoms with Crippen LogP contribution in [0.4, 0.5) is 0 Å². The Kier molecular flexibility index (Phi) is 6.74. The number of fused-ring (bicyclic) bond motifs is 1. The number of para-hydroxylation sites is 1. The highest BCUT2D eigenvalue weighted by Gasteiger charge is 2.10. The van der Waals surface area contributed by atoms with E-state index in [0.29, 0.717) is 6.42 Å². The molecule has 5 heteroatoms. The third-order valence-corrected chi connectivity index (χ3v) is 2.76. The fourth-order valence-electron chi connectivity index (χ4n) is 1.60. The van der Waals surface area contributed by atoms with Crippen molar-refractivity contribution < 1.29 is 20.1 Å². The third kappa shape index (κ3) is 5.52. The summed E-state index contributed by atoms with van der Waals surface area (Å²) in [5.41, 5.74) is 1.06. The molecule has 2 aromatic rings. The summed E-state index contributed by atoms with van der Waals surface area (Å²) in [7, 11) is 0. The van der Waals surface area contributed by atoms with Crippen molar-refractivity contribution in [2.24, 2.45) is 0 Å². The maximum atomic E-state index is 10.0. The van der Waals surface area contributed by atoms with Crippen LogP contribution in [0.15, 0.2) is 54.1 Å². The summed E-state index contributed by atoms with van der Waals surface area (Å²) in [4.78, 5) is 14.2. The number of carbonyl (C=O) groups is 1. The Morgan fingerprint density at radius 2 is 1.76 bits per heavy atom. The number of nitrogens with zero attached hydrogens (tertiary/aromatic N) is 1. The van der Waals surface area contributed by atoms with E-state index in [2.05, 4.69) is 17.1 Å². The van der Waals surface area contributed by atoms with Gasteiger partial charge in [-0.3, -0.25) is 4.98 Å². The molecule has 0 radical (unpaired) electrons. The maximum Gasteiger partial charge on any atom is 0.374 e. The highest BCUT2D eigenvalue weighted by Crippen LogP contribution is 2.08. The second kappa shape index (κ2) is 8.58. The molecule has 0 amide bonds. The van der Waals surface area contributed by atoms with Crippen molar-refractivity contribution in [2.75, 3.05) is 0 Å². The number of aliphatic hydroxyl groups is 2. The predicted molar refractivity (Wildman–Crippen MR) is 81.2 cm³/mol. The molecule has 0 unspecified atom stereocenters. The van der Waals surface area contributed by atoms with E-state index < -0.39 is 17.5 Å². The van der Waals surface area contributed by atoms with Gasteiger partial charge in [0, 0.05) is 18.0 Å². The van der Waals surface area contributed by atoms with Gasteiger partial charge in [0.15, 0.2) is 0 Å². The number of carboxylic acids is 1. The van der Waals surface area contributed by atoms with Crippen molar-refractivity contribution in [3.63, 3.8) is 0 Å². The molecule has 112 valence electrons. The minimum absolute atomic E-state index is 0.217. The number of allylic oxidation sites excluding steroid dienone is 1. The lowest BCUT2D eigenvalue weighted by Crippen LogP contribution is -2.03. The first-order valence-electron chi connectivity index (χ1n) is 6.70. The molecule has 0 bridgehead atoms. The summed E-state index contributed by atoms with van der Waals surface area (Å²) < 4.78 is 0. The summed E-state index contributed by atoms with van der Waals surface area (Å²) in [5.74, 6) is -2.88. The lowest BCUT2D eigenvalue weighted by Gasteiger charge is -1.98. The van der Waals surface area contributed by atoms with Crippen molar-refractivity contribution >= 4 is 16.9 Å². The molecule has 0 aliphatic heterocycles. The molecule has 2 rings (SSSR count). The van der Waals surface area contributed by atoms with Crippen LogP contribution in [0.5, 0.6) is 0 Å². The number of aliphatic carboxylic acids is 1. The molecule has 21 heavy (non-hydrogen) atoms. The van der Waals surface area contributed by atoms with Gasteiger partial charge in [0.05, 0.1) is 5.52 Å². The largest absolute Gasteiger partial charge is 0.508 e. The van der Waals surface area contributed by atoms with Crippen LogP contribution in [0.2, 0.25) is 0 Å². The molecule has 0 spiro atoms. The average Bonchev–Trinajstić information content (AvgIpc) is 2.52. The molecule has 0 saturated carbocycles. The molecular formula is C16H19NO4. The zero-order valence-corrected chi connectivity index (χ0v) is 11.9. The number of hydrogen-bond donors (Lipinski definition) is 3. The molecule has 0 atom stereocenters. The van der Waals surface area contributed by atoms with Gasteiger partial charge in [0.25, 0.3) is 0 Å². The van der Waals surface area contributed by atoms with E-state index in [4.69, 9.17) is 15.3 Å². The Labute approximate surface area is 123 Å². The Hall–Kier alpha value is -2.56. The number of carboxylic acid groups (broad SMARTS) is 1. The number of aromatic nitrogens is 1. The van der Waals surface area contributed by atoms with E-state index in [-0.39, 0.29) is 6.42 Å². The average molecular weight is 289 g/mol. The van der Waals surface area contributed by atoms with Crippen molar-refractivity contribution in [3.8, 4) is 0 Å². The van der Waals surface area contributed by atoms with Crippen LogP contribution in [-0.2, 0) is 4.79 Å². The fraction of sp³-hybridized carbons (Fsp3) is 0.250. The highest BCUT2D eigenvalue weighted by molar-refractivity contribution is 5.84. The van der Waals surface area contributed by atoms with Gasteiger partial charge in [-0.2, -0.15) is 0 Å². The number of unbranched alkanes of at least 4 members (excludes halogenated alkanes) is 1. The van der Waals surface area contributed by atoms with Gasteiger partial charge in [-0.1, -0.05) is 37.6 Å². The lowest BCUT2D eigenvalue weighted by molar-refractivity contribution is -0.135. The third-order valence-electron chi connectivity index (χ3n) is 2.76.